The number of hydrogen-bond acceptors (Lipinski definition) is 6. The Hall–Kier alpha value is -3.07. The Bertz CT molecular complexity index is 1030. The van der Waals surface area contributed by atoms with Gasteiger partial charge in [-0.1, -0.05) is 23.4 Å². The summed E-state index contributed by atoms with van der Waals surface area (Å²) in [6, 6.07) is 7.56. The number of fused-ring (bicyclic) bond motifs is 1. The molecule has 0 spiro atoms. The van der Waals surface area contributed by atoms with Gasteiger partial charge in [0.15, 0.2) is 5.69 Å². The predicted octanol–water partition coefficient (Wildman–Crippen LogP) is 0.295. The summed E-state index contributed by atoms with van der Waals surface area (Å²) in [7, 11) is 2.06. The van der Waals surface area contributed by atoms with E-state index in [4.69, 9.17) is 0 Å². The van der Waals surface area contributed by atoms with Crippen LogP contribution < -0.4 is 10.9 Å². The Balaban J connectivity index is 1.37. The zero-order valence-corrected chi connectivity index (χ0v) is 15.1. The lowest BCUT2D eigenvalue weighted by Crippen LogP contribution is -2.32. The molecule has 0 aliphatic carbocycles. The minimum Gasteiger partial charge on any atom is -0.349 e. The van der Waals surface area contributed by atoms with Gasteiger partial charge in [0.2, 0.25) is 0 Å². The van der Waals surface area contributed by atoms with Crippen molar-refractivity contribution in [1.29, 1.82) is 0 Å². The highest BCUT2D eigenvalue weighted by Crippen LogP contribution is 2.18. The quantitative estimate of drug-likeness (QED) is 0.696. The molecule has 1 amide bonds. The molecule has 0 bridgehead atoms. The molecule has 140 valence electrons. The minimum atomic E-state index is -0.304. The normalized spacial score (nSPS) is 17.4. The summed E-state index contributed by atoms with van der Waals surface area (Å²) in [6.45, 7) is 2.49. The van der Waals surface area contributed by atoms with Gasteiger partial charge in [0, 0.05) is 18.5 Å². The molecule has 1 N–H and O–H groups in total. The van der Waals surface area contributed by atoms with Crippen molar-refractivity contribution < 1.29 is 4.79 Å². The first kappa shape index (κ1) is 17.3. The highest BCUT2D eigenvalue weighted by atomic mass is 16.2. The molecule has 9 heteroatoms. The van der Waals surface area contributed by atoms with Gasteiger partial charge in [0.25, 0.3) is 11.5 Å². The minimum absolute atomic E-state index is 0.168. The van der Waals surface area contributed by atoms with Gasteiger partial charge in [-0.15, -0.1) is 5.10 Å². The molecule has 1 aliphatic rings. The van der Waals surface area contributed by atoms with Crippen molar-refractivity contribution in [2.24, 2.45) is 0 Å². The van der Waals surface area contributed by atoms with Crippen LogP contribution in [-0.2, 0) is 6.54 Å². The van der Waals surface area contributed by atoms with Gasteiger partial charge < -0.3 is 10.2 Å². The maximum absolute atomic E-state index is 12.4. The summed E-state index contributed by atoms with van der Waals surface area (Å²) >= 11 is 0. The lowest BCUT2D eigenvalue weighted by atomic mass is 10.2. The van der Waals surface area contributed by atoms with Crippen molar-refractivity contribution in [3.63, 3.8) is 0 Å². The van der Waals surface area contributed by atoms with Gasteiger partial charge in [-0.25, -0.2) is 9.36 Å². The van der Waals surface area contributed by atoms with E-state index in [2.05, 4.69) is 32.7 Å². The molecule has 1 aromatic carbocycles. The van der Waals surface area contributed by atoms with E-state index in [9.17, 15) is 9.59 Å². The Morgan fingerprint density at radius 3 is 3.00 bits per heavy atom. The molecule has 1 fully saturated rings. The van der Waals surface area contributed by atoms with Crippen LogP contribution in [0.4, 0.5) is 0 Å². The van der Waals surface area contributed by atoms with Crippen LogP contribution in [0.1, 0.15) is 23.0 Å². The van der Waals surface area contributed by atoms with E-state index in [1.165, 1.54) is 4.68 Å². The Morgan fingerprint density at radius 1 is 1.33 bits per heavy atom. The summed E-state index contributed by atoms with van der Waals surface area (Å²) in [4.78, 5) is 26.9. The van der Waals surface area contributed by atoms with Gasteiger partial charge in [-0.05, 0) is 26.1 Å². The molecule has 1 atom stereocenters. The van der Waals surface area contributed by atoms with E-state index >= 15 is 0 Å². The number of nitrogens with zero attached hydrogens (tertiary/aromatic N) is 6. The second-order valence-electron chi connectivity index (χ2n) is 6.80. The number of aromatic nitrogens is 5. The maximum atomic E-state index is 12.4. The van der Waals surface area contributed by atoms with Crippen LogP contribution in [-0.4, -0.2) is 62.3 Å². The number of benzene rings is 1. The van der Waals surface area contributed by atoms with Gasteiger partial charge in [0.05, 0.1) is 30.4 Å². The van der Waals surface area contributed by atoms with Crippen LogP contribution in [0.25, 0.3) is 10.8 Å². The van der Waals surface area contributed by atoms with Crippen LogP contribution in [0.5, 0.6) is 0 Å². The third kappa shape index (κ3) is 3.59. The largest absolute Gasteiger partial charge is 0.349 e. The molecule has 0 radical (unpaired) electrons. The fraction of sp³-hybridized carbons (Fsp3) is 0.389. The molecule has 9 nitrogen and oxygen atoms in total. The summed E-state index contributed by atoms with van der Waals surface area (Å²) in [6.07, 6.45) is 4.33. The van der Waals surface area contributed by atoms with Crippen molar-refractivity contribution >= 4 is 16.7 Å². The zero-order valence-electron chi connectivity index (χ0n) is 15.1. The first-order valence-corrected chi connectivity index (χ1v) is 8.95. The van der Waals surface area contributed by atoms with Crippen molar-refractivity contribution in [3.8, 4) is 0 Å². The van der Waals surface area contributed by atoms with E-state index in [0.29, 0.717) is 5.39 Å². The molecule has 3 heterocycles. The molecule has 27 heavy (non-hydrogen) atoms. The third-order valence-corrected chi connectivity index (χ3v) is 4.85. The van der Waals surface area contributed by atoms with E-state index in [1.54, 1.807) is 23.1 Å². The van der Waals surface area contributed by atoms with Crippen molar-refractivity contribution in [1.82, 2.24) is 35.0 Å². The lowest BCUT2D eigenvalue weighted by molar-refractivity contribution is 0.0946. The van der Waals surface area contributed by atoms with Gasteiger partial charge >= 0.3 is 0 Å². The van der Waals surface area contributed by atoms with Crippen molar-refractivity contribution in [3.05, 3.63) is 52.7 Å². The molecule has 1 unspecified atom stereocenters. The average molecular weight is 367 g/mol. The Labute approximate surface area is 155 Å². The molecule has 4 rings (SSSR count). The Morgan fingerprint density at radius 2 is 2.19 bits per heavy atom. The molecule has 1 saturated heterocycles. The number of nitrogens with one attached hydrogen (secondary N) is 1. The summed E-state index contributed by atoms with van der Waals surface area (Å²) in [5.41, 5.74) is 0.113. The van der Waals surface area contributed by atoms with Gasteiger partial charge in [-0.3, -0.25) is 9.59 Å². The SMILES string of the molecule is CN1CCC(n2cc(C(=O)NCCn3ncc4ccccc4c3=O)nn2)C1. The predicted molar refractivity (Wildman–Crippen MR) is 99.5 cm³/mol. The second kappa shape index (κ2) is 7.28. The van der Waals surface area contributed by atoms with E-state index in [0.717, 1.165) is 24.9 Å². The highest BCUT2D eigenvalue weighted by Gasteiger charge is 2.23. The fourth-order valence-electron chi connectivity index (χ4n) is 3.34. The Kier molecular flexibility index (Phi) is 4.68. The lowest BCUT2D eigenvalue weighted by Gasteiger charge is -2.09. The molecule has 1 aliphatic heterocycles. The molecular weight excluding hydrogens is 346 g/mol. The summed E-state index contributed by atoms with van der Waals surface area (Å²) in [5, 5.41) is 16.4. The fourth-order valence-corrected chi connectivity index (χ4v) is 3.34. The molecule has 2 aromatic heterocycles. The van der Waals surface area contributed by atoms with Gasteiger partial charge in [0.1, 0.15) is 0 Å². The van der Waals surface area contributed by atoms with Crippen LogP contribution in [0.3, 0.4) is 0 Å². The summed E-state index contributed by atoms with van der Waals surface area (Å²) in [5.74, 6) is -0.304. The van der Waals surface area contributed by atoms with E-state index in [1.807, 2.05) is 18.2 Å². The average Bonchev–Trinajstić information content (AvgIpc) is 3.33. The number of amides is 1. The molecule has 3 aromatic rings. The molecular formula is C18H21N7O2. The topological polar surface area (TPSA) is 97.9 Å². The van der Waals surface area contributed by atoms with Crippen molar-refractivity contribution in [2.45, 2.75) is 19.0 Å². The van der Waals surface area contributed by atoms with Crippen LogP contribution in [0.15, 0.2) is 41.5 Å². The monoisotopic (exact) mass is 367 g/mol. The second-order valence-corrected chi connectivity index (χ2v) is 6.80. The number of likely N-dealkylation sites (tertiary alicyclic amines) is 1. The van der Waals surface area contributed by atoms with E-state index < -0.39 is 0 Å². The van der Waals surface area contributed by atoms with Crippen LogP contribution >= 0.6 is 0 Å². The highest BCUT2D eigenvalue weighted by molar-refractivity contribution is 5.91. The number of likely N-dealkylation sites (N-methyl/N-ethyl adjacent to an activating group) is 1. The standard InChI is InChI=1S/C18H21N7O2/c1-23-8-6-14(11-23)25-12-16(21-22-25)17(26)19-7-9-24-18(27)15-5-3-2-4-13(15)10-20-24/h2-5,10,12,14H,6-9,11H2,1H3,(H,19,26). The van der Waals surface area contributed by atoms with Crippen molar-refractivity contribution in [2.75, 3.05) is 26.7 Å². The number of carbonyl (C=O) groups is 1. The zero-order chi connectivity index (χ0) is 18.8. The summed E-state index contributed by atoms with van der Waals surface area (Å²) < 4.78 is 3.11. The maximum Gasteiger partial charge on any atom is 0.274 e. The van der Waals surface area contributed by atoms with Crippen LogP contribution in [0.2, 0.25) is 0 Å². The number of hydrogen-bond donors (Lipinski definition) is 1. The third-order valence-electron chi connectivity index (χ3n) is 4.85. The number of carbonyl (C=O) groups excluding carboxylic acids is 1. The molecule has 0 saturated carbocycles. The first-order valence-electron chi connectivity index (χ1n) is 8.95. The van der Waals surface area contributed by atoms with Gasteiger partial charge in [-0.2, -0.15) is 5.10 Å². The smallest absolute Gasteiger partial charge is 0.274 e. The number of rotatable bonds is 5. The van der Waals surface area contributed by atoms with E-state index in [-0.39, 0.29) is 36.3 Å². The first-order chi connectivity index (χ1) is 13.1. The van der Waals surface area contributed by atoms with Crippen LogP contribution in [0, 0.1) is 0 Å².